The second kappa shape index (κ2) is 3.81. The van der Waals surface area contributed by atoms with E-state index in [1.165, 1.54) is 0 Å². The summed E-state index contributed by atoms with van der Waals surface area (Å²) in [6.45, 7) is 1.88. The number of aromatic amines is 1. The summed E-state index contributed by atoms with van der Waals surface area (Å²) in [4.78, 5) is 20.0. The van der Waals surface area contributed by atoms with E-state index in [1.807, 2.05) is 12.3 Å². The number of anilines is 1. The van der Waals surface area contributed by atoms with Crippen molar-refractivity contribution in [1.82, 2.24) is 15.3 Å². The molecule has 0 bridgehead atoms. The third kappa shape index (κ3) is 1.39. The van der Waals surface area contributed by atoms with Crippen molar-refractivity contribution in [3.8, 4) is 0 Å². The Balaban J connectivity index is 1.99. The van der Waals surface area contributed by atoms with E-state index in [4.69, 9.17) is 0 Å². The van der Waals surface area contributed by atoms with Gasteiger partial charge in [-0.1, -0.05) is 0 Å². The van der Waals surface area contributed by atoms with Gasteiger partial charge in [0.2, 0.25) is 5.91 Å². The van der Waals surface area contributed by atoms with Crippen molar-refractivity contribution < 1.29 is 4.79 Å². The number of pyridine rings is 1. The molecule has 3 N–H and O–H groups in total. The molecule has 2 aromatic rings. The van der Waals surface area contributed by atoms with E-state index in [1.54, 1.807) is 6.20 Å². The number of carbonyl (C=O) groups is 1. The highest BCUT2D eigenvalue weighted by molar-refractivity contribution is 6.10. The lowest BCUT2D eigenvalue weighted by Crippen LogP contribution is -2.35. The van der Waals surface area contributed by atoms with E-state index in [2.05, 4.69) is 20.6 Å². The minimum atomic E-state index is -0.373. The van der Waals surface area contributed by atoms with Crippen LogP contribution in [0.2, 0.25) is 0 Å². The van der Waals surface area contributed by atoms with Gasteiger partial charge in [0.25, 0.3) is 0 Å². The number of nitrogens with one attached hydrogen (secondary N) is 3. The summed E-state index contributed by atoms with van der Waals surface area (Å²) in [5.74, 6) is 0.140. The van der Waals surface area contributed by atoms with Crippen molar-refractivity contribution in [3.05, 3.63) is 24.0 Å². The van der Waals surface area contributed by atoms with Crippen LogP contribution in [0.25, 0.3) is 11.0 Å². The van der Waals surface area contributed by atoms with Crippen LogP contribution in [0, 0.1) is 0 Å². The number of fused-ring (bicyclic) bond motifs is 4. The van der Waals surface area contributed by atoms with Gasteiger partial charge in [-0.2, -0.15) is 0 Å². The molecule has 98 valence electrons. The summed E-state index contributed by atoms with van der Waals surface area (Å²) >= 11 is 0. The van der Waals surface area contributed by atoms with Crippen LogP contribution in [0.5, 0.6) is 0 Å². The van der Waals surface area contributed by atoms with Crippen LogP contribution in [0.15, 0.2) is 18.5 Å². The minimum Gasteiger partial charge on any atom is -0.346 e. The number of aromatic nitrogens is 2. The van der Waals surface area contributed by atoms with Crippen LogP contribution in [-0.4, -0.2) is 29.0 Å². The van der Waals surface area contributed by atoms with Crippen LogP contribution in [-0.2, 0) is 10.2 Å². The number of hydrogen-bond donors (Lipinski definition) is 3. The Morgan fingerprint density at radius 1 is 1.26 bits per heavy atom. The molecule has 1 amide bonds. The van der Waals surface area contributed by atoms with Crippen LogP contribution in [0.4, 0.5) is 5.69 Å². The molecule has 5 nitrogen and oxygen atoms in total. The van der Waals surface area contributed by atoms with E-state index in [0.717, 1.165) is 54.6 Å². The normalized spacial score (nSPS) is 26.4. The first-order valence-electron chi connectivity index (χ1n) is 6.80. The van der Waals surface area contributed by atoms with Gasteiger partial charge < -0.3 is 15.6 Å². The Morgan fingerprint density at radius 3 is 3.16 bits per heavy atom. The number of hydrogen-bond acceptors (Lipinski definition) is 3. The average Bonchev–Trinajstić information content (AvgIpc) is 2.87. The molecule has 0 aromatic carbocycles. The molecule has 0 aliphatic carbocycles. The number of amides is 1. The third-order valence-electron chi connectivity index (χ3n) is 4.43. The van der Waals surface area contributed by atoms with Gasteiger partial charge in [-0.25, -0.2) is 4.98 Å². The molecule has 1 atom stereocenters. The molecule has 1 spiro atoms. The molecular weight excluding hydrogens is 240 g/mol. The van der Waals surface area contributed by atoms with Gasteiger partial charge in [-0.3, -0.25) is 4.79 Å². The van der Waals surface area contributed by atoms with E-state index >= 15 is 0 Å². The SMILES string of the molecule is O=C1Nc2cnc3[nH]ccc3c2C12CCCNCC2. The lowest BCUT2D eigenvalue weighted by atomic mass is 9.75. The van der Waals surface area contributed by atoms with Crippen LogP contribution >= 0.6 is 0 Å². The maximum atomic E-state index is 12.5. The second-order valence-corrected chi connectivity index (χ2v) is 5.43. The van der Waals surface area contributed by atoms with Gasteiger partial charge in [0.1, 0.15) is 5.65 Å². The summed E-state index contributed by atoms with van der Waals surface area (Å²) in [7, 11) is 0. The summed E-state index contributed by atoms with van der Waals surface area (Å²) in [5.41, 5.74) is 2.53. The first kappa shape index (κ1) is 11.0. The zero-order chi connectivity index (χ0) is 12.9. The number of carbonyl (C=O) groups excluding carboxylic acids is 1. The fourth-order valence-electron chi connectivity index (χ4n) is 3.52. The van der Waals surface area contributed by atoms with E-state index in [9.17, 15) is 4.79 Å². The molecule has 5 heteroatoms. The van der Waals surface area contributed by atoms with Crippen molar-refractivity contribution in [2.24, 2.45) is 0 Å². The lowest BCUT2D eigenvalue weighted by molar-refractivity contribution is -0.121. The van der Waals surface area contributed by atoms with Crippen molar-refractivity contribution in [2.45, 2.75) is 24.7 Å². The number of H-pyrrole nitrogens is 1. The van der Waals surface area contributed by atoms with Crippen molar-refractivity contribution in [1.29, 1.82) is 0 Å². The Labute approximate surface area is 110 Å². The summed E-state index contributed by atoms with van der Waals surface area (Å²) in [6, 6.07) is 2.03. The standard InChI is InChI=1S/C14H16N4O/c19-13-14(3-1-5-15-7-4-14)11-9-2-6-16-12(9)17-8-10(11)18-13/h2,6,8,15H,1,3-5,7H2,(H,16,17)(H,18,19). The summed E-state index contributed by atoms with van der Waals surface area (Å²) in [5, 5.41) is 7.49. The molecule has 19 heavy (non-hydrogen) atoms. The molecule has 1 unspecified atom stereocenters. The van der Waals surface area contributed by atoms with Crippen molar-refractivity contribution in [3.63, 3.8) is 0 Å². The molecular formula is C14H16N4O. The Bertz CT molecular complexity index is 653. The highest BCUT2D eigenvalue weighted by Crippen LogP contribution is 2.46. The largest absolute Gasteiger partial charge is 0.346 e. The monoisotopic (exact) mass is 256 g/mol. The van der Waals surface area contributed by atoms with Gasteiger partial charge in [0.05, 0.1) is 17.3 Å². The quantitative estimate of drug-likeness (QED) is 0.669. The Hall–Kier alpha value is -1.88. The maximum Gasteiger partial charge on any atom is 0.235 e. The smallest absolute Gasteiger partial charge is 0.235 e. The molecule has 4 rings (SSSR count). The predicted molar refractivity (Wildman–Crippen MR) is 73.1 cm³/mol. The highest BCUT2D eigenvalue weighted by Gasteiger charge is 2.47. The van der Waals surface area contributed by atoms with Gasteiger partial charge in [-0.15, -0.1) is 0 Å². The summed E-state index contributed by atoms with van der Waals surface area (Å²) < 4.78 is 0. The van der Waals surface area contributed by atoms with Gasteiger partial charge >= 0.3 is 0 Å². The average molecular weight is 256 g/mol. The molecule has 0 radical (unpaired) electrons. The van der Waals surface area contributed by atoms with E-state index in [-0.39, 0.29) is 11.3 Å². The number of rotatable bonds is 0. The summed E-state index contributed by atoms with van der Waals surface area (Å²) in [6.07, 6.45) is 6.46. The Morgan fingerprint density at radius 2 is 2.21 bits per heavy atom. The highest BCUT2D eigenvalue weighted by atomic mass is 16.2. The van der Waals surface area contributed by atoms with E-state index < -0.39 is 0 Å². The van der Waals surface area contributed by atoms with E-state index in [0.29, 0.717) is 0 Å². The van der Waals surface area contributed by atoms with Crippen LogP contribution in [0.3, 0.4) is 0 Å². The molecule has 1 fully saturated rings. The fraction of sp³-hybridized carbons (Fsp3) is 0.429. The predicted octanol–water partition coefficient (Wildman–Crippen LogP) is 1.53. The molecule has 1 saturated heterocycles. The van der Waals surface area contributed by atoms with Gasteiger partial charge in [0.15, 0.2) is 0 Å². The van der Waals surface area contributed by atoms with Crippen molar-refractivity contribution >= 4 is 22.6 Å². The first-order chi connectivity index (χ1) is 9.31. The van der Waals surface area contributed by atoms with Gasteiger partial charge in [-0.05, 0) is 38.4 Å². The minimum absolute atomic E-state index is 0.140. The second-order valence-electron chi connectivity index (χ2n) is 5.43. The third-order valence-corrected chi connectivity index (χ3v) is 4.43. The fourth-order valence-corrected chi connectivity index (χ4v) is 3.52. The van der Waals surface area contributed by atoms with Crippen LogP contribution in [0.1, 0.15) is 24.8 Å². The number of nitrogens with zero attached hydrogens (tertiary/aromatic N) is 1. The van der Waals surface area contributed by atoms with Gasteiger partial charge in [0, 0.05) is 17.1 Å². The topological polar surface area (TPSA) is 69.8 Å². The molecule has 0 saturated carbocycles. The molecule has 2 aromatic heterocycles. The van der Waals surface area contributed by atoms with Crippen molar-refractivity contribution in [2.75, 3.05) is 18.4 Å². The lowest BCUT2D eigenvalue weighted by Gasteiger charge is -2.25. The van der Waals surface area contributed by atoms with Crippen LogP contribution < -0.4 is 10.6 Å². The zero-order valence-electron chi connectivity index (χ0n) is 10.6. The maximum absolute atomic E-state index is 12.5. The molecule has 4 heterocycles. The molecule has 2 aliphatic heterocycles. The Kier molecular flexibility index (Phi) is 2.20. The molecule has 2 aliphatic rings. The first-order valence-corrected chi connectivity index (χ1v) is 6.80. The zero-order valence-corrected chi connectivity index (χ0v) is 10.6.